The molecule has 4 aromatic rings. The molecule has 2 aromatic carbocycles. The van der Waals surface area contributed by atoms with Crippen LogP contribution in [-0.2, 0) is 0 Å². The zero-order chi connectivity index (χ0) is 14.9. The molecule has 0 fully saturated rings. The van der Waals surface area contributed by atoms with Crippen LogP contribution in [0, 0.1) is 11.3 Å². The number of hydrogen-bond acceptors (Lipinski definition) is 3. The van der Waals surface area contributed by atoms with Gasteiger partial charge in [-0.3, -0.25) is 0 Å². The minimum atomic E-state index is 0.441. The third-order valence-corrected chi connectivity index (χ3v) is 3.63. The van der Waals surface area contributed by atoms with Gasteiger partial charge < -0.3 is 8.83 Å². The molecule has 0 aliphatic carbocycles. The van der Waals surface area contributed by atoms with Gasteiger partial charge in [-0.1, -0.05) is 42.5 Å². The Morgan fingerprint density at radius 1 is 1.00 bits per heavy atom. The van der Waals surface area contributed by atoms with E-state index in [1.54, 1.807) is 12.3 Å². The Balaban J connectivity index is 1.86. The van der Waals surface area contributed by atoms with Gasteiger partial charge in [0.15, 0.2) is 0 Å². The van der Waals surface area contributed by atoms with Crippen molar-refractivity contribution >= 4 is 33.4 Å². The molecule has 22 heavy (non-hydrogen) atoms. The van der Waals surface area contributed by atoms with Crippen LogP contribution in [0.5, 0.6) is 0 Å². The molecular formula is C19H11NO2. The van der Waals surface area contributed by atoms with Crippen molar-refractivity contribution in [2.45, 2.75) is 0 Å². The molecule has 0 radical (unpaired) electrons. The van der Waals surface area contributed by atoms with Crippen LogP contribution < -0.4 is 0 Å². The molecule has 0 N–H and O–H groups in total. The van der Waals surface area contributed by atoms with Crippen LogP contribution in [0.25, 0.3) is 33.4 Å². The molecule has 104 valence electrons. The maximum absolute atomic E-state index is 9.46. The highest BCUT2D eigenvalue weighted by molar-refractivity contribution is 5.97. The van der Waals surface area contributed by atoms with E-state index in [4.69, 9.17) is 8.83 Å². The van der Waals surface area contributed by atoms with Gasteiger partial charge in [-0.25, -0.2) is 0 Å². The number of allylic oxidation sites excluding steroid dienone is 1. The lowest BCUT2D eigenvalue weighted by Gasteiger charge is -1.93. The number of furan rings is 2. The second kappa shape index (κ2) is 4.94. The Kier molecular flexibility index (Phi) is 2.80. The third-order valence-electron chi connectivity index (χ3n) is 3.63. The molecule has 3 nitrogen and oxygen atoms in total. The molecule has 2 heterocycles. The lowest BCUT2D eigenvalue weighted by atomic mass is 10.1. The van der Waals surface area contributed by atoms with E-state index >= 15 is 0 Å². The first-order valence-corrected chi connectivity index (χ1v) is 6.92. The van der Waals surface area contributed by atoms with Crippen molar-refractivity contribution in [3.63, 3.8) is 0 Å². The van der Waals surface area contributed by atoms with Gasteiger partial charge in [-0.05, 0) is 12.1 Å². The first kappa shape index (κ1) is 12.5. The summed E-state index contributed by atoms with van der Waals surface area (Å²) in [4.78, 5) is 0. The molecule has 0 amide bonds. The molecule has 3 heteroatoms. The molecule has 0 spiro atoms. The van der Waals surface area contributed by atoms with Crippen LogP contribution in [0.3, 0.4) is 0 Å². The highest BCUT2D eigenvalue weighted by Crippen LogP contribution is 2.28. The fraction of sp³-hybridized carbons (Fsp3) is 0. The fourth-order valence-electron chi connectivity index (χ4n) is 2.53. The monoisotopic (exact) mass is 285 g/mol. The zero-order valence-electron chi connectivity index (χ0n) is 11.6. The van der Waals surface area contributed by atoms with E-state index in [0.717, 1.165) is 21.7 Å². The van der Waals surface area contributed by atoms with Crippen LogP contribution in [-0.4, -0.2) is 0 Å². The largest absolute Gasteiger partial charge is 0.464 e. The van der Waals surface area contributed by atoms with Crippen LogP contribution in [0.1, 0.15) is 11.5 Å². The van der Waals surface area contributed by atoms with Gasteiger partial charge in [0.1, 0.15) is 23.2 Å². The maximum atomic E-state index is 9.46. The lowest BCUT2D eigenvalue weighted by molar-refractivity contribution is 0.561. The molecule has 0 atom stereocenters. The predicted molar refractivity (Wildman–Crippen MR) is 85.9 cm³/mol. The molecule has 0 aliphatic heterocycles. The van der Waals surface area contributed by atoms with E-state index in [1.807, 2.05) is 54.6 Å². The van der Waals surface area contributed by atoms with Crippen molar-refractivity contribution in [2.24, 2.45) is 0 Å². The summed E-state index contributed by atoms with van der Waals surface area (Å²) in [5, 5.41) is 12.4. The molecule has 0 unspecified atom stereocenters. The second-order valence-corrected chi connectivity index (χ2v) is 5.01. The molecule has 0 saturated carbocycles. The quantitative estimate of drug-likeness (QED) is 0.473. The maximum Gasteiger partial charge on any atom is 0.146 e. The van der Waals surface area contributed by atoms with Crippen molar-refractivity contribution in [1.82, 2.24) is 0 Å². The standard InChI is InChI=1S/C19H11NO2/c20-11-15(18-9-13-5-2-4-8-17(13)22-18)10-19-16-7-3-1-6-14(16)12-21-19/h1-10,12H. The number of hydrogen-bond donors (Lipinski definition) is 0. The van der Waals surface area contributed by atoms with E-state index in [1.165, 1.54) is 0 Å². The normalized spacial score (nSPS) is 11.9. The number of rotatable bonds is 2. The van der Waals surface area contributed by atoms with Gasteiger partial charge in [0.05, 0.1) is 11.8 Å². The highest BCUT2D eigenvalue weighted by atomic mass is 16.3. The summed E-state index contributed by atoms with van der Waals surface area (Å²) in [7, 11) is 0. The van der Waals surface area contributed by atoms with Crippen molar-refractivity contribution in [1.29, 1.82) is 5.26 Å². The number of para-hydroxylation sites is 1. The minimum absolute atomic E-state index is 0.441. The van der Waals surface area contributed by atoms with Crippen LogP contribution in [0.2, 0.25) is 0 Å². The average Bonchev–Trinajstić information content (AvgIpc) is 3.16. The van der Waals surface area contributed by atoms with Crippen LogP contribution >= 0.6 is 0 Å². The summed E-state index contributed by atoms with van der Waals surface area (Å²) in [5.41, 5.74) is 1.21. The van der Waals surface area contributed by atoms with Crippen molar-refractivity contribution in [3.8, 4) is 6.07 Å². The van der Waals surface area contributed by atoms with Gasteiger partial charge in [0.2, 0.25) is 0 Å². The summed E-state index contributed by atoms with van der Waals surface area (Å²) in [5.74, 6) is 1.21. The SMILES string of the molecule is N#CC(=Cc1occ2ccccc12)c1cc2ccccc2o1. The minimum Gasteiger partial charge on any atom is -0.464 e. The number of fused-ring (bicyclic) bond motifs is 2. The molecular weight excluding hydrogens is 274 g/mol. The van der Waals surface area contributed by atoms with Gasteiger partial charge in [0.25, 0.3) is 0 Å². The average molecular weight is 285 g/mol. The first-order valence-electron chi connectivity index (χ1n) is 6.92. The third kappa shape index (κ3) is 1.99. The summed E-state index contributed by atoms with van der Waals surface area (Å²) in [6, 6.07) is 19.6. The highest BCUT2D eigenvalue weighted by Gasteiger charge is 2.11. The van der Waals surface area contributed by atoms with Crippen molar-refractivity contribution < 1.29 is 8.83 Å². The Labute approximate surface area is 126 Å². The number of nitrogens with zero attached hydrogens (tertiary/aromatic N) is 1. The van der Waals surface area contributed by atoms with Gasteiger partial charge >= 0.3 is 0 Å². The smallest absolute Gasteiger partial charge is 0.146 e. The zero-order valence-corrected chi connectivity index (χ0v) is 11.6. The summed E-state index contributed by atoms with van der Waals surface area (Å²) in [6.45, 7) is 0. The Hall–Kier alpha value is -3.25. The molecule has 2 aromatic heterocycles. The molecule has 0 bridgehead atoms. The topological polar surface area (TPSA) is 50.1 Å². The molecule has 0 aliphatic rings. The number of nitriles is 1. The molecule has 0 saturated heterocycles. The van der Waals surface area contributed by atoms with E-state index < -0.39 is 0 Å². The summed E-state index contributed by atoms with van der Waals surface area (Å²) in [6.07, 6.45) is 3.41. The van der Waals surface area contributed by atoms with E-state index in [2.05, 4.69) is 6.07 Å². The lowest BCUT2D eigenvalue weighted by Crippen LogP contribution is -1.77. The number of benzene rings is 2. The van der Waals surface area contributed by atoms with E-state index in [9.17, 15) is 5.26 Å². The van der Waals surface area contributed by atoms with Gasteiger partial charge in [0, 0.05) is 22.2 Å². The Bertz CT molecular complexity index is 1010. The fourth-order valence-corrected chi connectivity index (χ4v) is 2.53. The van der Waals surface area contributed by atoms with Crippen molar-refractivity contribution in [3.05, 3.63) is 72.4 Å². The molecule has 4 rings (SSSR count). The van der Waals surface area contributed by atoms with Crippen molar-refractivity contribution in [2.75, 3.05) is 0 Å². The van der Waals surface area contributed by atoms with Crippen LogP contribution in [0.15, 0.2) is 69.7 Å². The Morgan fingerprint density at radius 2 is 1.77 bits per heavy atom. The van der Waals surface area contributed by atoms with E-state index in [0.29, 0.717) is 17.1 Å². The van der Waals surface area contributed by atoms with Crippen LogP contribution in [0.4, 0.5) is 0 Å². The van der Waals surface area contributed by atoms with Gasteiger partial charge in [-0.2, -0.15) is 5.26 Å². The van der Waals surface area contributed by atoms with Gasteiger partial charge in [-0.15, -0.1) is 0 Å². The Morgan fingerprint density at radius 3 is 2.59 bits per heavy atom. The first-order chi connectivity index (χ1) is 10.8. The summed E-state index contributed by atoms with van der Waals surface area (Å²) < 4.78 is 11.3. The van der Waals surface area contributed by atoms with E-state index in [-0.39, 0.29) is 0 Å². The summed E-state index contributed by atoms with van der Waals surface area (Å²) >= 11 is 0. The second-order valence-electron chi connectivity index (χ2n) is 5.01. The predicted octanol–water partition coefficient (Wildman–Crippen LogP) is 5.24.